The number of benzene rings is 1. The van der Waals surface area contributed by atoms with E-state index >= 15 is 0 Å². The molecule has 0 aliphatic heterocycles. The summed E-state index contributed by atoms with van der Waals surface area (Å²) in [4.78, 5) is 12.4. The summed E-state index contributed by atoms with van der Waals surface area (Å²) in [6.45, 7) is 4.01. The third-order valence-electron chi connectivity index (χ3n) is 4.45. The van der Waals surface area contributed by atoms with Crippen molar-refractivity contribution < 1.29 is 4.79 Å². The Bertz CT molecular complexity index is 687. The Balaban J connectivity index is 1.75. The van der Waals surface area contributed by atoms with E-state index in [0.717, 1.165) is 29.7 Å². The van der Waals surface area contributed by atoms with Gasteiger partial charge in [-0.3, -0.25) is 9.48 Å². The fourth-order valence-electron chi connectivity index (χ4n) is 3.01. The van der Waals surface area contributed by atoms with E-state index in [9.17, 15) is 4.79 Å². The first-order chi connectivity index (χ1) is 10.1. The maximum atomic E-state index is 12.4. The smallest absolute Gasteiger partial charge is 0.251 e. The molecular weight excluding hydrogens is 262 g/mol. The van der Waals surface area contributed by atoms with Gasteiger partial charge in [0.25, 0.3) is 5.91 Å². The third kappa shape index (κ3) is 2.58. The number of nitrogens with one attached hydrogen (secondary N) is 1. The number of fused-ring (bicyclic) bond motifs is 1. The van der Waals surface area contributed by atoms with E-state index in [0.29, 0.717) is 0 Å². The van der Waals surface area contributed by atoms with Gasteiger partial charge in [0.05, 0.1) is 12.2 Å². The molecule has 1 aromatic heterocycles. The van der Waals surface area contributed by atoms with Crippen LogP contribution in [0.3, 0.4) is 0 Å². The van der Waals surface area contributed by atoms with Crippen molar-refractivity contribution in [3.63, 3.8) is 0 Å². The first-order valence-corrected chi connectivity index (χ1v) is 7.47. The summed E-state index contributed by atoms with van der Waals surface area (Å²) in [5.74, 6) is -0.0135. The zero-order chi connectivity index (χ0) is 15.0. The highest BCUT2D eigenvalue weighted by atomic mass is 16.1. The Morgan fingerprint density at radius 1 is 1.33 bits per heavy atom. The second-order valence-electron chi connectivity index (χ2n) is 5.84. The number of carbonyl (C=O) groups excluding carboxylic acids is 1. The Kier molecular flexibility index (Phi) is 3.53. The van der Waals surface area contributed by atoms with Gasteiger partial charge in [-0.2, -0.15) is 5.10 Å². The van der Waals surface area contributed by atoms with Crippen molar-refractivity contribution in [3.05, 3.63) is 52.3 Å². The Labute approximate surface area is 125 Å². The fraction of sp³-hybridized carbons (Fsp3) is 0.412. The van der Waals surface area contributed by atoms with Crippen LogP contribution in [0.15, 0.2) is 24.4 Å². The molecular formula is C17H21N3O. The Morgan fingerprint density at radius 3 is 2.81 bits per heavy atom. The molecule has 4 nitrogen and oxygen atoms in total. The number of carbonyl (C=O) groups is 1. The SMILES string of the molecule is Cc1c(C(C)NC(=O)c2ccc3c(c2)CCC3)cnn1C. The highest BCUT2D eigenvalue weighted by Crippen LogP contribution is 2.23. The standard InChI is InChI=1S/C17H21N3O/c1-11(16-10-18-20(3)12(16)2)19-17(21)15-8-7-13-5-4-6-14(13)9-15/h7-11H,4-6H2,1-3H3,(H,19,21). The molecule has 4 heteroatoms. The lowest BCUT2D eigenvalue weighted by Crippen LogP contribution is -2.27. The van der Waals surface area contributed by atoms with Gasteiger partial charge in [-0.05, 0) is 56.4 Å². The van der Waals surface area contributed by atoms with Crippen LogP contribution >= 0.6 is 0 Å². The van der Waals surface area contributed by atoms with Gasteiger partial charge in [-0.15, -0.1) is 0 Å². The summed E-state index contributed by atoms with van der Waals surface area (Å²) < 4.78 is 1.83. The van der Waals surface area contributed by atoms with Crippen molar-refractivity contribution >= 4 is 5.91 Å². The van der Waals surface area contributed by atoms with Gasteiger partial charge < -0.3 is 5.32 Å². The van der Waals surface area contributed by atoms with Crippen molar-refractivity contribution in [3.8, 4) is 0 Å². The van der Waals surface area contributed by atoms with E-state index in [4.69, 9.17) is 0 Å². The molecule has 1 N–H and O–H groups in total. The fourth-order valence-corrected chi connectivity index (χ4v) is 3.01. The Hall–Kier alpha value is -2.10. The summed E-state index contributed by atoms with van der Waals surface area (Å²) in [5.41, 5.74) is 5.61. The maximum absolute atomic E-state index is 12.4. The zero-order valence-electron chi connectivity index (χ0n) is 12.8. The van der Waals surface area contributed by atoms with Gasteiger partial charge in [0.2, 0.25) is 0 Å². The van der Waals surface area contributed by atoms with Crippen molar-refractivity contribution in [2.24, 2.45) is 7.05 Å². The zero-order valence-corrected chi connectivity index (χ0v) is 12.8. The summed E-state index contributed by atoms with van der Waals surface area (Å²) >= 11 is 0. The van der Waals surface area contributed by atoms with Crippen molar-refractivity contribution in [2.75, 3.05) is 0 Å². The minimum Gasteiger partial charge on any atom is -0.345 e. The van der Waals surface area contributed by atoms with E-state index in [2.05, 4.69) is 16.5 Å². The summed E-state index contributed by atoms with van der Waals surface area (Å²) in [5, 5.41) is 7.30. The molecule has 0 radical (unpaired) electrons. The number of rotatable bonds is 3. The average molecular weight is 283 g/mol. The van der Waals surface area contributed by atoms with Gasteiger partial charge in [0, 0.05) is 23.9 Å². The summed E-state index contributed by atoms with van der Waals surface area (Å²) in [6.07, 6.45) is 5.25. The third-order valence-corrected chi connectivity index (χ3v) is 4.45. The number of aryl methyl sites for hydroxylation is 3. The minimum atomic E-state index is -0.0422. The minimum absolute atomic E-state index is 0.0135. The molecule has 0 spiro atoms. The molecule has 3 rings (SSSR count). The van der Waals surface area contributed by atoms with Crippen LogP contribution in [0.5, 0.6) is 0 Å². The molecule has 0 fully saturated rings. The number of nitrogens with zero attached hydrogens (tertiary/aromatic N) is 2. The van der Waals surface area contributed by atoms with Crippen LogP contribution < -0.4 is 5.32 Å². The molecule has 1 aliphatic carbocycles. The lowest BCUT2D eigenvalue weighted by atomic mass is 10.0. The number of amides is 1. The van der Waals surface area contributed by atoms with Crippen molar-refractivity contribution in [2.45, 2.75) is 39.2 Å². The molecule has 1 amide bonds. The van der Waals surface area contributed by atoms with E-state index in [-0.39, 0.29) is 11.9 Å². The van der Waals surface area contributed by atoms with Gasteiger partial charge in [0.15, 0.2) is 0 Å². The number of aromatic nitrogens is 2. The highest BCUT2D eigenvalue weighted by Gasteiger charge is 2.17. The molecule has 1 unspecified atom stereocenters. The first kappa shape index (κ1) is 13.9. The van der Waals surface area contributed by atoms with Crippen molar-refractivity contribution in [1.82, 2.24) is 15.1 Å². The topological polar surface area (TPSA) is 46.9 Å². The molecule has 110 valence electrons. The first-order valence-electron chi connectivity index (χ1n) is 7.47. The summed E-state index contributed by atoms with van der Waals surface area (Å²) in [7, 11) is 1.91. The molecule has 2 aromatic rings. The van der Waals surface area contributed by atoms with Gasteiger partial charge in [-0.25, -0.2) is 0 Å². The van der Waals surface area contributed by atoms with Crippen LogP contribution in [0.1, 0.15) is 52.1 Å². The van der Waals surface area contributed by atoms with Gasteiger partial charge >= 0.3 is 0 Å². The van der Waals surface area contributed by atoms with Crippen molar-refractivity contribution in [1.29, 1.82) is 0 Å². The lowest BCUT2D eigenvalue weighted by Gasteiger charge is -2.14. The number of hydrogen-bond acceptors (Lipinski definition) is 2. The highest BCUT2D eigenvalue weighted by molar-refractivity contribution is 5.94. The molecule has 0 bridgehead atoms. The van der Waals surface area contributed by atoms with Crippen LogP contribution in [0.4, 0.5) is 0 Å². The summed E-state index contributed by atoms with van der Waals surface area (Å²) in [6, 6.07) is 6.03. The quantitative estimate of drug-likeness (QED) is 0.941. The lowest BCUT2D eigenvalue weighted by molar-refractivity contribution is 0.0939. The molecule has 1 aromatic carbocycles. The largest absolute Gasteiger partial charge is 0.345 e. The number of hydrogen-bond donors (Lipinski definition) is 1. The van der Waals surface area contributed by atoms with Gasteiger partial charge in [0.1, 0.15) is 0 Å². The Morgan fingerprint density at radius 2 is 2.10 bits per heavy atom. The molecule has 0 saturated carbocycles. The second-order valence-corrected chi connectivity index (χ2v) is 5.84. The van der Waals surface area contributed by atoms with E-state index in [1.807, 2.05) is 43.9 Å². The van der Waals surface area contributed by atoms with E-state index in [1.54, 1.807) is 0 Å². The molecule has 0 saturated heterocycles. The van der Waals surface area contributed by atoms with Crippen LogP contribution in [-0.2, 0) is 19.9 Å². The maximum Gasteiger partial charge on any atom is 0.251 e. The average Bonchev–Trinajstić information content (AvgIpc) is 3.05. The second kappa shape index (κ2) is 5.35. The predicted octanol–water partition coefficient (Wildman–Crippen LogP) is 2.71. The monoisotopic (exact) mass is 283 g/mol. The van der Waals surface area contributed by atoms with E-state index in [1.165, 1.54) is 17.5 Å². The molecule has 1 heterocycles. The molecule has 1 aliphatic rings. The van der Waals surface area contributed by atoms with E-state index < -0.39 is 0 Å². The van der Waals surface area contributed by atoms with Crippen LogP contribution in [0.25, 0.3) is 0 Å². The predicted molar refractivity (Wildman–Crippen MR) is 82.3 cm³/mol. The normalized spacial score (nSPS) is 14.8. The molecule has 21 heavy (non-hydrogen) atoms. The van der Waals surface area contributed by atoms with Crippen LogP contribution in [0.2, 0.25) is 0 Å². The van der Waals surface area contributed by atoms with Gasteiger partial charge in [-0.1, -0.05) is 6.07 Å². The van der Waals surface area contributed by atoms with Crippen LogP contribution in [0, 0.1) is 6.92 Å². The van der Waals surface area contributed by atoms with Crippen LogP contribution in [-0.4, -0.2) is 15.7 Å². The molecule has 1 atom stereocenters.